The van der Waals surface area contributed by atoms with Crippen LogP contribution in [0.15, 0.2) is 47.1 Å². The lowest BCUT2D eigenvalue weighted by molar-refractivity contribution is -0.143. The van der Waals surface area contributed by atoms with Crippen molar-refractivity contribution in [1.29, 1.82) is 0 Å². The van der Waals surface area contributed by atoms with Crippen LogP contribution in [0.1, 0.15) is 32.1 Å². The molecule has 6 nitrogen and oxygen atoms in total. The van der Waals surface area contributed by atoms with E-state index in [4.69, 9.17) is 9.15 Å². The number of benzene rings is 1. The molecule has 0 fully saturated rings. The number of hydrogen-bond donors (Lipinski definition) is 1. The lowest BCUT2D eigenvalue weighted by atomic mass is 10.1. The highest BCUT2D eigenvalue weighted by molar-refractivity contribution is 5.88. The standard InChI is InChI=1S/C20H26N2O4/c1-14(2)20(24)22(13-16-7-9-17(25-4)10-8-16)15(3)19(23)21-12-18-6-5-11-26-18/h5-11,14-15H,12-13H2,1-4H3,(H,21,23). The van der Waals surface area contributed by atoms with Gasteiger partial charge in [-0.25, -0.2) is 0 Å². The minimum absolute atomic E-state index is 0.0681. The molecule has 0 spiro atoms. The lowest BCUT2D eigenvalue weighted by Gasteiger charge is -2.30. The van der Waals surface area contributed by atoms with Crippen LogP contribution in [-0.2, 0) is 22.7 Å². The van der Waals surface area contributed by atoms with Crippen LogP contribution in [0, 0.1) is 5.92 Å². The van der Waals surface area contributed by atoms with Crippen molar-refractivity contribution in [3.05, 3.63) is 54.0 Å². The Morgan fingerprint density at radius 1 is 1.15 bits per heavy atom. The van der Waals surface area contributed by atoms with Gasteiger partial charge in [-0.3, -0.25) is 9.59 Å². The molecule has 1 aromatic carbocycles. The molecule has 0 saturated heterocycles. The Morgan fingerprint density at radius 2 is 1.85 bits per heavy atom. The van der Waals surface area contributed by atoms with Crippen molar-refractivity contribution in [2.45, 2.75) is 39.9 Å². The fourth-order valence-corrected chi connectivity index (χ4v) is 2.54. The van der Waals surface area contributed by atoms with Gasteiger partial charge in [0.2, 0.25) is 11.8 Å². The number of hydrogen-bond acceptors (Lipinski definition) is 4. The van der Waals surface area contributed by atoms with Gasteiger partial charge in [-0.1, -0.05) is 26.0 Å². The smallest absolute Gasteiger partial charge is 0.242 e. The van der Waals surface area contributed by atoms with Crippen molar-refractivity contribution < 1.29 is 18.7 Å². The summed E-state index contributed by atoms with van der Waals surface area (Å²) in [6, 6.07) is 10.4. The number of amides is 2. The molecular weight excluding hydrogens is 332 g/mol. The van der Waals surface area contributed by atoms with E-state index < -0.39 is 6.04 Å². The Balaban J connectivity index is 2.08. The normalized spacial score (nSPS) is 11.9. The summed E-state index contributed by atoms with van der Waals surface area (Å²) in [5.74, 6) is 0.932. The number of nitrogens with one attached hydrogen (secondary N) is 1. The van der Waals surface area contributed by atoms with Crippen molar-refractivity contribution >= 4 is 11.8 Å². The van der Waals surface area contributed by atoms with E-state index >= 15 is 0 Å². The van der Waals surface area contributed by atoms with E-state index in [1.165, 1.54) is 0 Å². The quantitative estimate of drug-likeness (QED) is 0.787. The Hall–Kier alpha value is -2.76. The van der Waals surface area contributed by atoms with Gasteiger partial charge in [0, 0.05) is 12.5 Å². The van der Waals surface area contributed by atoms with E-state index in [0.717, 1.165) is 11.3 Å². The second-order valence-corrected chi connectivity index (χ2v) is 6.44. The Kier molecular flexibility index (Phi) is 6.83. The predicted molar refractivity (Wildman–Crippen MR) is 98.4 cm³/mol. The molecule has 0 aliphatic carbocycles. The topological polar surface area (TPSA) is 71.8 Å². The van der Waals surface area contributed by atoms with Gasteiger partial charge < -0.3 is 19.4 Å². The van der Waals surface area contributed by atoms with E-state index in [2.05, 4.69) is 5.32 Å². The number of methoxy groups -OCH3 is 1. The van der Waals surface area contributed by atoms with Crippen LogP contribution in [0.5, 0.6) is 5.75 Å². The number of nitrogens with zero attached hydrogens (tertiary/aromatic N) is 1. The van der Waals surface area contributed by atoms with Crippen molar-refractivity contribution in [3.63, 3.8) is 0 Å². The summed E-state index contributed by atoms with van der Waals surface area (Å²) in [6.07, 6.45) is 1.56. The van der Waals surface area contributed by atoms with Crippen LogP contribution in [0.25, 0.3) is 0 Å². The van der Waals surface area contributed by atoms with Gasteiger partial charge in [-0.2, -0.15) is 0 Å². The molecule has 6 heteroatoms. The first-order chi connectivity index (χ1) is 12.4. The summed E-state index contributed by atoms with van der Waals surface area (Å²) in [4.78, 5) is 26.8. The van der Waals surface area contributed by atoms with Gasteiger partial charge in [-0.05, 0) is 36.8 Å². The largest absolute Gasteiger partial charge is 0.497 e. The molecule has 2 amide bonds. The number of carbonyl (C=O) groups excluding carboxylic acids is 2. The predicted octanol–water partition coefficient (Wildman–Crippen LogP) is 2.98. The zero-order valence-electron chi connectivity index (χ0n) is 15.7. The molecule has 2 aromatic rings. The van der Waals surface area contributed by atoms with Crippen molar-refractivity contribution in [2.75, 3.05) is 7.11 Å². The summed E-state index contributed by atoms with van der Waals surface area (Å²) >= 11 is 0. The molecular formula is C20H26N2O4. The van der Waals surface area contributed by atoms with Crippen LogP contribution in [0.3, 0.4) is 0 Å². The fourth-order valence-electron chi connectivity index (χ4n) is 2.54. The van der Waals surface area contributed by atoms with Gasteiger partial charge in [0.15, 0.2) is 0 Å². The minimum atomic E-state index is -0.595. The van der Waals surface area contributed by atoms with Gasteiger partial charge in [0.1, 0.15) is 17.6 Å². The molecule has 0 saturated carbocycles. The third-order valence-corrected chi connectivity index (χ3v) is 4.15. The van der Waals surface area contributed by atoms with Gasteiger partial charge in [-0.15, -0.1) is 0 Å². The number of carbonyl (C=O) groups is 2. The average Bonchev–Trinajstić information content (AvgIpc) is 3.17. The molecule has 26 heavy (non-hydrogen) atoms. The Labute approximate surface area is 154 Å². The summed E-state index contributed by atoms with van der Waals surface area (Å²) in [7, 11) is 1.61. The SMILES string of the molecule is COc1ccc(CN(C(=O)C(C)C)C(C)C(=O)NCc2ccco2)cc1. The summed E-state index contributed by atoms with van der Waals surface area (Å²) in [5, 5.41) is 2.82. The van der Waals surface area contributed by atoms with E-state index in [1.807, 2.05) is 38.1 Å². The second-order valence-electron chi connectivity index (χ2n) is 6.44. The first-order valence-corrected chi connectivity index (χ1v) is 8.66. The first-order valence-electron chi connectivity index (χ1n) is 8.66. The zero-order valence-corrected chi connectivity index (χ0v) is 15.7. The maximum absolute atomic E-state index is 12.7. The van der Waals surface area contributed by atoms with Gasteiger partial charge in [0.25, 0.3) is 0 Å². The fraction of sp³-hybridized carbons (Fsp3) is 0.400. The molecule has 140 valence electrons. The second kappa shape index (κ2) is 9.08. The lowest BCUT2D eigenvalue weighted by Crippen LogP contribution is -2.48. The van der Waals surface area contributed by atoms with Crippen LogP contribution < -0.4 is 10.1 Å². The molecule has 0 aliphatic rings. The van der Waals surface area contributed by atoms with Crippen LogP contribution in [-0.4, -0.2) is 29.9 Å². The average molecular weight is 358 g/mol. The zero-order chi connectivity index (χ0) is 19.1. The van der Waals surface area contributed by atoms with Crippen molar-refractivity contribution in [2.24, 2.45) is 5.92 Å². The number of rotatable bonds is 8. The molecule has 1 atom stereocenters. The summed E-state index contributed by atoms with van der Waals surface area (Å²) in [6.45, 7) is 6.05. The molecule has 1 aromatic heterocycles. The highest BCUT2D eigenvalue weighted by Gasteiger charge is 2.27. The first kappa shape index (κ1) is 19.6. The molecule has 1 unspecified atom stereocenters. The Morgan fingerprint density at radius 3 is 2.38 bits per heavy atom. The maximum atomic E-state index is 12.7. The van der Waals surface area contributed by atoms with Crippen LogP contribution in [0.2, 0.25) is 0 Å². The molecule has 2 rings (SSSR count). The molecule has 0 bridgehead atoms. The van der Waals surface area contributed by atoms with E-state index in [1.54, 1.807) is 37.3 Å². The maximum Gasteiger partial charge on any atom is 0.242 e. The van der Waals surface area contributed by atoms with Crippen molar-refractivity contribution in [3.8, 4) is 5.75 Å². The number of ether oxygens (including phenoxy) is 1. The van der Waals surface area contributed by atoms with E-state index in [9.17, 15) is 9.59 Å². The van der Waals surface area contributed by atoms with Crippen molar-refractivity contribution in [1.82, 2.24) is 10.2 Å². The monoisotopic (exact) mass is 358 g/mol. The molecule has 0 aliphatic heterocycles. The summed E-state index contributed by atoms with van der Waals surface area (Å²) in [5.41, 5.74) is 0.936. The molecule has 1 N–H and O–H groups in total. The summed E-state index contributed by atoms with van der Waals surface area (Å²) < 4.78 is 10.4. The van der Waals surface area contributed by atoms with Crippen LogP contribution in [0.4, 0.5) is 0 Å². The molecule has 1 heterocycles. The van der Waals surface area contributed by atoms with Crippen LogP contribution >= 0.6 is 0 Å². The minimum Gasteiger partial charge on any atom is -0.497 e. The Bertz CT molecular complexity index is 708. The third-order valence-electron chi connectivity index (χ3n) is 4.15. The van der Waals surface area contributed by atoms with Gasteiger partial charge >= 0.3 is 0 Å². The highest BCUT2D eigenvalue weighted by Crippen LogP contribution is 2.16. The third kappa shape index (κ3) is 5.12. The van der Waals surface area contributed by atoms with Gasteiger partial charge in [0.05, 0.1) is 19.9 Å². The highest BCUT2D eigenvalue weighted by atomic mass is 16.5. The molecule has 0 radical (unpaired) electrons. The van der Waals surface area contributed by atoms with E-state index in [-0.39, 0.29) is 17.7 Å². The number of furan rings is 1. The van der Waals surface area contributed by atoms with E-state index in [0.29, 0.717) is 18.8 Å².